The van der Waals surface area contributed by atoms with Crippen LogP contribution in [0.25, 0.3) is 0 Å². The van der Waals surface area contributed by atoms with Gasteiger partial charge in [0.05, 0.1) is 0 Å². The van der Waals surface area contributed by atoms with E-state index in [1.807, 2.05) is 0 Å². The van der Waals surface area contributed by atoms with Crippen molar-refractivity contribution in [1.29, 1.82) is 0 Å². The van der Waals surface area contributed by atoms with Gasteiger partial charge in [-0.05, 0) is 36.3 Å². The zero-order valence-corrected chi connectivity index (χ0v) is 10.1. The smallest absolute Gasteiger partial charge is 0.228 e. The highest BCUT2D eigenvalue weighted by molar-refractivity contribution is 6.28. The molecule has 0 atom stereocenters. The molecule has 0 unspecified atom stereocenters. The predicted octanol–water partition coefficient (Wildman–Crippen LogP) is 2.10. The lowest BCUT2D eigenvalue weighted by Gasteiger charge is -2.14. The Bertz CT molecular complexity index is 357. The van der Waals surface area contributed by atoms with Crippen molar-refractivity contribution in [3.63, 3.8) is 0 Å². The zero-order chi connectivity index (χ0) is 11.6. The van der Waals surface area contributed by atoms with Crippen LogP contribution in [0.4, 0.5) is 11.9 Å². The van der Waals surface area contributed by atoms with Crippen molar-refractivity contribution >= 4 is 23.5 Å². The van der Waals surface area contributed by atoms with Crippen molar-refractivity contribution in [3.8, 4) is 0 Å². The summed E-state index contributed by atoms with van der Waals surface area (Å²) in [6, 6.07) is 0. The van der Waals surface area contributed by atoms with Crippen LogP contribution in [-0.2, 0) is 0 Å². The first-order valence-corrected chi connectivity index (χ1v) is 5.92. The molecule has 2 rings (SSSR count). The van der Waals surface area contributed by atoms with Gasteiger partial charge in [-0.15, -0.1) is 0 Å². The molecule has 1 aliphatic carbocycles. The van der Waals surface area contributed by atoms with Crippen LogP contribution in [0.2, 0.25) is 5.28 Å². The normalized spacial score (nSPS) is 17.1. The lowest BCUT2D eigenvalue weighted by molar-refractivity contribution is 0.484. The summed E-state index contributed by atoms with van der Waals surface area (Å²) in [7, 11) is 0. The van der Waals surface area contributed by atoms with E-state index in [4.69, 9.17) is 17.3 Å². The van der Waals surface area contributed by atoms with Gasteiger partial charge in [-0.1, -0.05) is 13.3 Å². The summed E-state index contributed by atoms with van der Waals surface area (Å²) in [5, 5.41) is 3.32. The van der Waals surface area contributed by atoms with Crippen LogP contribution in [0.15, 0.2) is 0 Å². The molecule has 1 aromatic heterocycles. The first-order chi connectivity index (χ1) is 7.63. The van der Waals surface area contributed by atoms with Gasteiger partial charge in [0.15, 0.2) is 0 Å². The van der Waals surface area contributed by atoms with Gasteiger partial charge in [0.1, 0.15) is 0 Å². The van der Waals surface area contributed by atoms with Crippen LogP contribution in [0.1, 0.15) is 32.6 Å². The molecule has 0 aliphatic heterocycles. The number of hydrogen-bond acceptors (Lipinski definition) is 5. The molecule has 6 heteroatoms. The Morgan fingerprint density at radius 3 is 2.69 bits per heavy atom. The summed E-state index contributed by atoms with van der Waals surface area (Å²) in [5.41, 5.74) is 5.93. The molecule has 3 N–H and O–H groups in total. The molecule has 1 saturated carbocycles. The Labute approximate surface area is 99.8 Å². The van der Waals surface area contributed by atoms with E-state index in [0.717, 1.165) is 6.54 Å². The van der Waals surface area contributed by atoms with E-state index in [0.29, 0.717) is 11.4 Å². The Hall–Kier alpha value is -1.10. The standard InChI is InChI=1S/C10H16ClN5/c1-2-3-10(4-5-10)6-13-9-15-7(11)14-8(12)16-9/h2-6H2,1H3,(H3,12,13,14,15,16). The van der Waals surface area contributed by atoms with Crippen molar-refractivity contribution in [2.75, 3.05) is 17.6 Å². The molecule has 1 aromatic rings. The molecule has 16 heavy (non-hydrogen) atoms. The average molecular weight is 242 g/mol. The van der Waals surface area contributed by atoms with Crippen LogP contribution < -0.4 is 11.1 Å². The maximum absolute atomic E-state index is 5.69. The highest BCUT2D eigenvalue weighted by atomic mass is 35.5. The van der Waals surface area contributed by atoms with Crippen molar-refractivity contribution in [2.45, 2.75) is 32.6 Å². The van der Waals surface area contributed by atoms with Gasteiger partial charge in [0.25, 0.3) is 0 Å². The Morgan fingerprint density at radius 1 is 1.38 bits per heavy atom. The summed E-state index contributed by atoms with van der Waals surface area (Å²) in [6.07, 6.45) is 5.01. The fraction of sp³-hybridized carbons (Fsp3) is 0.700. The summed E-state index contributed by atoms with van der Waals surface area (Å²) in [4.78, 5) is 11.7. The van der Waals surface area contributed by atoms with Gasteiger partial charge in [-0.2, -0.15) is 15.0 Å². The van der Waals surface area contributed by atoms with Crippen LogP contribution >= 0.6 is 11.6 Å². The summed E-state index contributed by atoms with van der Waals surface area (Å²) >= 11 is 5.69. The van der Waals surface area contributed by atoms with Gasteiger partial charge in [0, 0.05) is 6.54 Å². The maximum atomic E-state index is 5.69. The summed E-state index contributed by atoms with van der Waals surface area (Å²) in [6.45, 7) is 3.10. The second-order valence-electron chi connectivity index (χ2n) is 4.39. The molecule has 0 spiro atoms. The van der Waals surface area contributed by atoms with Gasteiger partial charge >= 0.3 is 0 Å². The van der Waals surface area contributed by atoms with E-state index in [9.17, 15) is 0 Å². The average Bonchev–Trinajstić information content (AvgIpc) is 2.95. The van der Waals surface area contributed by atoms with E-state index < -0.39 is 0 Å². The number of anilines is 2. The summed E-state index contributed by atoms with van der Waals surface area (Å²) < 4.78 is 0. The minimum atomic E-state index is 0.135. The number of aromatic nitrogens is 3. The molecule has 1 heterocycles. The monoisotopic (exact) mass is 241 g/mol. The van der Waals surface area contributed by atoms with Crippen molar-refractivity contribution in [3.05, 3.63) is 5.28 Å². The van der Waals surface area contributed by atoms with E-state index in [1.54, 1.807) is 0 Å². The fourth-order valence-electron chi connectivity index (χ4n) is 1.93. The van der Waals surface area contributed by atoms with Gasteiger partial charge in [0.2, 0.25) is 17.2 Å². The molecular formula is C10H16ClN5. The van der Waals surface area contributed by atoms with Crippen LogP contribution in [-0.4, -0.2) is 21.5 Å². The molecule has 88 valence electrons. The largest absolute Gasteiger partial charge is 0.368 e. The second kappa shape index (κ2) is 4.41. The Kier molecular flexibility index (Phi) is 3.14. The van der Waals surface area contributed by atoms with Gasteiger partial charge < -0.3 is 11.1 Å². The highest BCUT2D eigenvalue weighted by Crippen LogP contribution is 2.49. The van der Waals surface area contributed by atoms with Crippen LogP contribution in [0.3, 0.4) is 0 Å². The molecule has 0 aromatic carbocycles. The molecule has 0 saturated heterocycles. The highest BCUT2D eigenvalue weighted by Gasteiger charge is 2.41. The molecule has 0 amide bonds. The van der Waals surface area contributed by atoms with Crippen LogP contribution in [0, 0.1) is 5.41 Å². The van der Waals surface area contributed by atoms with Crippen molar-refractivity contribution in [1.82, 2.24) is 15.0 Å². The minimum Gasteiger partial charge on any atom is -0.368 e. The molecule has 1 aliphatic rings. The van der Waals surface area contributed by atoms with Crippen LogP contribution in [0.5, 0.6) is 0 Å². The van der Waals surface area contributed by atoms with E-state index in [-0.39, 0.29) is 11.2 Å². The lowest BCUT2D eigenvalue weighted by atomic mass is 10.0. The quantitative estimate of drug-likeness (QED) is 0.826. The number of nitrogens with two attached hydrogens (primary N) is 1. The fourth-order valence-corrected chi connectivity index (χ4v) is 2.10. The lowest BCUT2D eigenvalue weighted by Crippen LogP contribution is -2.17. The number of nitrogen functional groups attached to an aromatic ring is 1. The third-order valence-electron chi connectivity index (χ3n) is 2.98. The molecular weight excluding hydrogens is 226 g/mol. The third-order valence-corrected chi connectivity index (χ3v) is 3.15. The minimum absolute atomic E-state index is 0.135. The number of rotatable bonds is 5. The Morgan fingerprint density at radius 2 is 2.12 bits per heavy atom. The molecule has 1 fully saturated rings. The van der Waals surface area contributed by atoms with Crippen molar-refractivity contribution < 1.29 is 0 Å². The number of hydrogen-bond donors (Lipinski definition) is 2. The van der Waals surface area contributed by atoms with E-state index >= 15 is 0 Å². The topological polar surface area (TPSA) is 76.7 Å². The number of nitrogens with one attached hydrogen (secondary N) is 1. The zero-order valence-electron chi connectivity index (χ0n) is 9.33. The SMILES string of the molecule is CCCC1(CNc2nc(N)nc(Cl)n2)CC1. The summed E-state index contributed by atoms with van der Waals surface area (Å²) in [5.74, 6) is 0.628. The first-order valence-electron chi connectivity index (χ1n) is 5.54. The maximum Gasteiger partial charge on any atom is 0.228 e. The van der Waals surface area contributed by atoms with E-state index in [2.05, 4.69) is 27.2 Å². The second-order valence-corrected chi connectivity index (χ2v) is 4.73. The van der Waals surface area contributed by atoms with Gasteiger partial charge in [-0.25, -0.2) is 0 Å². The molecule has 0 bridgehead atoms. The molecule has 0 radical (unpaired) electrons. The van der Waals surface area contributed by atoms with E-state index in [1.165, 1.54) is 25.7 Å². The third kappa shape index (κ3) is 2.72. The number of nitrogens with zero attached hydrogens (tertiary/aromatic N) is 3. The Balaban J connectivity index is 1.94. The molecule has 5 nitrogen and oxygen atoms in total. The number of halogens is 1. The van der Waals surface area contributed by atoms with Crippen molar-refractivity contribution in [2.24, 2.45) is 5.41 Å². The first kappa shape index (κ1) is 11.4. The van der Waals surface area contributed by atoms with Gasteiger partial charge in [-0.3, -0.25) is 0 Å². The predicted molar refractivity (Wildman–Crippen MR) is 64.3 cm³/mol.